The lowest BCUT2D eigenvalue weighted by Crippen LogP contribution is -2.65. The molecule has 0 radical (unpaired) electrons. The summed E-state index contributed by atoms with van der Waals surface area (Å²) in [5.74, 6) is 1.88. The number of nitrogens with zero attached hydrogens (tertiary/aromatic N) is 5. The summed E-state index contributed by atoms with van der Waals surface area (Å²) >= 11 is 0. The summed E-state index contributed by atoms with van der Waals surface area (Å²) in [4.78, 5) is 27.4. The van der Waals surface area contributed by atoms with Gasteiger partial charge in [0.05, 0.1) is 47.6 Å². The van der Waals surface area contributed by atoms with Crippen LogP contribution in [0.4, 0.5) is 11.6 Å². The Bertz CT molecular complexity index is 1450. The summed E-state index contributed by atoms with van der Waals surface area (Å²) < 4.78 is 17.2. The first-order chi connectivity index (χ1) is 18.4. The predicted octanol–water partition coefficient (Wildman–Crippen LogP) is 2.78. The fourth-order valence-electron chi connectivity index (χ4n) is 5.85. The van der Waals surface area contributed by atoms with Crippen molar-refractivity contribution in [3.05, 3.63) is 41.6 Å². The van der Waals surface area contributed by atoms with E-state index in [1.54, 1.807) is 12.1 Å². The van der Waals surface area contributed by atoms with Crippen LogP contribution in [0.25, 0.3) is 11.0 Å². The second-order valence-electron chi connectivity index (χ2n) is 10.2. The molecule has 1 unspecified atom stereocenters. The monoisotopic (exact) mass is 552 g/mol. The van der Waals surface area contributed by atoms with Crippen molar-refractivity contribution >= 4 is 41.0 Å². The Labute approximate surface area is 231 Å². The smallest absolute Gasteiger partial charge is 0.263 e. The van der Waals surface area contributed by atoms with Gasteiger partial charge in [-0.3, -0.25) is 9.78 Å². The van der Waals surface area contributed by atoms with E-state index in [2.05, 4.69) is 31.2 Å². The first-order valence-electron chi connectivity index (χ1n) is 12.6. The number of pyridine rings is 3. The van der Waals surface area contributed by atoms with Gasteiger partial charge in [0.2, 0.25) is 5.88 Å². The number of carbonyl (C=O) groups excluding carboxylic acids is 1. The van der Waals surface area contributed by atoms with E-state index >= 15 is 0 Å². The van der Waals surface area contributed by atoms with Crippen LogP contribution in [0.2, 0.25) is 0 Å². The highest BCUT2D eigenvalue weighted by molar-refractivity contribution is 5.94. The average molecular weight is 553 g/mol. The van der Waals surface area contributed by atoms with Crippen LogP contribution in [-0.4, -0.2) is 70.6 Å². The summed E-state index contributed by atoms with van der Waals surface area (Å²) in [7, 11) is 3.52. The number of carbonyl (C=O) groups is 1. The molecule has 3 aliphatic heterocycles. The van der Waals surface area contributed by atoms with Crippen molar-refractivity contribution < 1.29 is 24.1 Å². The number of hydrogen-bond acceptors (Lipinski definition) is 10. The number of likely N-dealkylation sites (N-methyl/N-ethyl adjacent to an activating group) is 1. The molecule has 2 N–H and O–H groups in total. The minimum absolute atomic E-state index is 0. The van der Waals surface area contributed by atoms with Crippen molar-refractivity contribution in [2.75, 3.05) is 37.6 Å². The van der Waals surface area contributed by atoms with Crippen LogP contribution in [-0.2, 0) is 16.0 Å². The number of aliphatic hydroxyl groups is 1. The highest BCUT2D eigenvalue weighted by Gasteiger charge is 2.55. The van der Waals surface area contributed by atoms with Crippen LogP contribution in [0.15, 0.2) is 30.5 Å². The standard InChI is InChI=1S/C27H28N6O5.ClH/c1-33(21-5-4-19-25(30-21)31-22(35)14-37-19)26-7-9-27(10-8-26,38-15-26)20(34)11-17-16(12-28)13-29-18-3-6-23(36-2)32-24(17)18;/h3-6,13,20,34H,7-11,14-15H2,1-2H3,(H,30,31,35);1H. The lowest BCUT2D eigenvalue weighted by molar-refractivity contribution is -0.201. The highest BCUT2D eigenvalue weighted by atomic mass is 35.5. The normalized spacial score (nSPS) is 24.0. The Morgan fingerprint density at radius 3 is 2.72 bits per heavy atom. The molecule has 1 aliphatic carbocycles. The molecular formula is C27H29ClN6O5. The number of methoxy groups -OCH3 is 1. The molecule has 2 saturated heterocycles. The van der Waals surface area contributed by atoms with Crippen molar-refractivity contribution in [3.8, 4) is 17.7 Å². The van der Waals surface area contributed by atoms with Gasteiger partial charge in [0.15, 0.2) is 18.2 Å². The van der Waals surface area contributed by atoms with E-state index in [-0.39, 0.29) is 36.9 Å². The zero-order valence-corrected chi connectivity index (χ0v) is 22.5. The minimum Gasteiger partial charge on any atom is -0.481 e. The van der Waals surface area contributed by atoms with Crippen molar-refractivity contribution in [2.24, 2.45) is 0 Å². The summed E-state index contributed by atoms with van der Waals surface area (Å²) in [6.45, 7) is 0.414. The first-order valence-corrected chi connectivity index (χ1v) is 12.6. The molecule has 3 fully saturated rings. The third-order valence-electron chi connectivity index (χ3n) is 8.30. The number of ether oxygens (including phenoxy) is 3. The zero-order valence-electron chi connectivity index (χ0n) is 21.6. The molecule has 1 atom stereocenters. The summed E-state index contributed by atoms with van der Waals surface area (Å²) in [6.07, 6.45) is 3.84. The van der Waals surface area contributed by atoms with Gasteiger partial charge in [-0.1, -0.05) is 0 Å². The topological polar surface area (TPSA) is 143 Å². The summed E-state index contributed by atoms with van der Waals surface area (Å²) in [5, 5.41) is 24.0. The molecule has 6 heterocycles. The van der Waals surface area contributed by atoms with Crippen LogP contribution in [0.3, 0.4) is 0 Å². The van der Waals surface area contributed by atoms with Crippen molar-refractivity contribution in [2.45, 2.75) is 49.3 Å². The number of hydrogen-bond donors (Lipinski definition) is 2. The SMILES string of the molecule is COc1ccc2ncc(C#N)c(CC(O)C34CCC(N(C)c5ccc6c(n5)NC(=O)CO6)(CC3)CO4)c2n1.Cl. The van der Waals surface area contributed by atoms with Crippen molar-refractivity contribution in [1.82, 2.24) is 15.0 Å². The Hall–Kier alpha value is -3.72. The van der Waals surface area contributed by atoms with Gasteiger partial charge < -0.3 is 29.5 Å². The number of nitriles is 1. The third kappa shape index (κ3) is 4.48. The summed E-state index contributed by atoms with van der Waals surface area (Å²) in [6, 6.07) is 9.42. The molecular weight excluding hydrogens is 524 g/mol. The van der Waals surface area contributed by atoms with E-state index in [4.69, 9.17) is 14.2 Å². The Morgan fingerprint density at radius 1 is 1.23 bits per heavy atom. The number of rotatable bonds is 6. The van der Waals surface area contributed by atoms with Crippen molar-refractivity contribution in [3.63, 3.8) is 0 Å². The van der Waals surface area contributed by atoms with Crippen LogP contribution < -0.4 is 19.7 Å². The summed E-state index contributed by atoms with van der Waals surface area (Å²) in [5.41, 5.74) is 1.22. The number of amides is 1. The quantitative estimate of drug-likeness (QED) is 0.468. The molecule has 12 heteroatoms. The number of halogens is 1. The minimum atomic E-state index is -0.828. The maximum atomic E-state index is 11.7. The van der Waals surface area contributed by atoms with Gasteiger partial charge in [-0.05, 0) is 43.9 Å². The van der Waals surface area contributed by atoms with E-state index in [0.717, 1.165) is 18.7 Å². The van der Waals surface area contributed by atoms with E-state index in [0.29, 0.717) is 59.1 Å². The van der Waals surface area contributed by atoms with Crippen LogP contribution in [0, 0.1) is 11.3 Å². The number of anilines is 2. The van der Waals surface area contributed by atoms with Crippen LogP contribution in [0.5, 0.6) is 11.6 Å². The van der Waals surface area contributed by atoms with E-state index in [1.165, 1.54) is 13.3 Å². The molecule has 2 bridgehead atoms. The van der Waals surface area contributed by atoms with E-state index in [1.807, 2.05) is 19.2 Å². The first kappa shape index (κ1) is 26.9. The predicted molar refractivity (Wildman–Crippen MR) is 144 cm³/mol. The van der Waals surface area contributed by atoms with Gasteiger partial charge in [-0.25, -0.2) is 9.97 Å². The molecule has 3 aromatic heterocycles. The highest BCUT2D eigenvalue weighted by Crippen LogP contribution is 2.49. The molecule has 11 nitrogen and oxygen atoms in total. The lowest BCUT2D eigenvalue weighted by atomic mass is 9.67. The molecule has 4 aliphatic rings. The largest absolute Gasteiger partial charge is 0.481 e. The molecule has 0 spiro atoms. The molecule has 204 valence electrons. The van der Waals surface area contributed by atoms with Crippen LogP contribution in [0.1, 0.15) is 36.8 Å². The van der Waals surface area contributed by atoms with Gasteiger partial charge in [-0.15, -0.1) is 12.4 Å². The second-order valence-corrected chi connectivity index (χ2v) is 10.2. The van der Waals surface area contributed by atoms with Gasteiger partial charge >= 0.3 is 0 Å². The van der Waals surface area contributed by atoms with Gasteiger partial charge in [-0.2, -0.15) is 5.26 Å². The van der Waals surface area contributed by atoms with Gasteiger partial charge in [0.25, 0.3) is 5.91 Å². The van der Waals surface area contributed by atoms with E-state index in [9.17, 15) is 15.2 Å². The Morgan fingerprint density at radius 2 is 2.03 bits per heavy atom. The number of fused-ring (bicyclic) bond motifs is 5. The molecule has 0 aromatic carbocycles. The maximum Gasteiger partial charge on any atom is 0.263 e. The molecule has 1 amide bonds. The molecule has 7 rings (SSSR count). The fourth-order valence-corrected chi connectivity index (χ4v) is 5.85. The Kier molecular flexibility index (Phi) is 6.97. The third-order valence-corrected chi connectivity index (χ3v) is 8.30. The van der Waals surface area contributed by atoms with E-state index < -0.39 is 11.7 Å². The number of nitrogens with one attached hydrogen (secondary N) is 1. The second kappa shape index (κ2) is 10.1. The van der Waals surface area contributed by atoms with Gasteiger partial charge in [0, 0.05) is 31.3 Å². The molecule has 39 heavy (non-hydrogen) atoms. The molecule has 1 saturated carbocycles. The Balaban J connectivity index is 0.00000308. The van der Waals surface area contributed by atoms with Gasteiger partial charge in [0.1, 0.15) is 11.9 Å². The number of aliphatic hydroxyl groups excluding tert-OH is 1. The molecule has 3 aromatic rings. The maximum absolute atomic E-state index is 11.7. The zero-order chi connectivity index (χ0) is 26.5. The number of aromatic nitrogens is 3. The fraction of sp³-hybridized carbons (Fsp3) is 0.444. The van der Waals surface area contributed by atoms with Crippen LogP contribution >= 0.6 is 12.4 Å². The average Bonchev–Trinajstić information content (AvgIpc) is 2.97. The van der Waals surface area contributed by atoms with Crippen molar-refractivity contribution in [1.29, 1.82) is 5.26 Å². The lowest BCUT2D eigenvalue weighted by Gasteiger charge is -2.58.